The minimum absolute atomic E-state index is 0. The third kappa shape index (κ3) is 4.72. The largest absolute Gasteiger partial charge is 0.351 e. The van der Waals surface area contributed by atoms with E-state index in [9.17, 15) is 9.59 Å². The van der Waals surface area contributed by atoms with Crippen molar-refractivity contribution in [2.75, 3.05) is 34.0 Å². The second-order valence-electron chi connectivity index (χ2n) is 7.16. The minimum atomic E-state index is -0.606. The van der Waals surface area contributed by atoms with Gasteiger partial charge in [0.1, 0.15) is 5.82 Å². The number of aromatic nitrogens is 2. The highest BCUT2D eigenvalue weighted by Crippen LogP contribution is 2.27. The second-order valence-corrected chi connectivity index (χ2v) is 7.16. The number of anilines is 6. The van der Waals surface area contributed by atoms with Gasteiger partial charge in [0, 0.05) is 53.2 Å². The smallest absolute Gasteiger partial charge is 0.316 e. The van der Waals surface area contributed by atoms with Gasteiger partial charge < -0.3 is 26.2 Å². The lowest BCUT2D eigenvalue weighted by molar-refractivity contribution is -0.117. The SMILES string of the molecule is CN(c1ccc(NC(N)=O)cc1)c1ccnc(Nc2cccc(N3CCCC3=O)c2)n1.[HH].[HH].[HH]. The first-order valence-corrected chi connectivity index (χ1v) is 9.90. The number of hydrogen-bond donors (Lipinski definition) is 3. The molecule has 4 rings (SSSR count). The molecule has 0 bridgehead atoms. The van der Waals surface area contributed by atoms with E-state index in [0.717, 1.165) is 30.0 Å². The molecule has 0 aliphatic carbocycles. The van der Waals surface area contributed by atoms with Crippen molar-refractivity contribution in [2.45, 2.75) is 12.8 Å². The molecule has 4 N–H and O–H groups in total. The van der Waals surface area contributed by atoms with Gasteiger partial charge in [0.05, 0.1) is 0 Å². The first-order chi connectivity index (χ1) is 15.0. The lowest BCUT2D eigenvalue weighted by Gasteiger charge is -2.19. The Labute approximate surface area is 184 Å². The van der Waals surface area contributed by atoms with Crippen molar-refractivity contribution in [3.8, 4) is 0 Å². The van der Waals surface area contributed by atoms with Crippen molar-refractivity contribution in [3.63, 3.8) is 0 Å². The first-order valence-electron chi connectivity index (χ1n) is 9.90. The molecule has 1 aliphatic heterocycles. The number of nitrogens with two attached hydrogens (primary N) is 1. The molecule has 2 heterocycles. The Morgan fingerprint density at radius 1 is 1.16 bits per heavy atom. The number of nitrogens with zero attached hydrogens (tertiary/aromatic N) is 4. The number of carbonyl (C=O) groups is 2. The molecule has 1 aromatic heterocycles. The summed E-state index contributed by atoms with van der Waals surface area (Å²) in [7, 11) is 1.89. The minimum Gasteiger partial charge on any atom is -0.351 e. The molecule has 1 saturated heterocycles. The zero-order valence-corrected chi connectivity index (χ0v) is 17.1. The molecule has 3 amide bonds. The van der Waals surface area contributed by atoms with Gasteiger partial charge in [-0.1, -0.05) is 6.07 Å². The number of carbonyl (C=O) groups excluding carboxylic acids is 2. The van der Waals surface area contributed by atoms with Crippen LogP contribution in [0.2, 0.25) is 0 Å². The van der Waals surface area contributed by atoms with Gasteiger partial charge in [-0.15, -0.1) is 0 Å². The molecule has 1 aliphatic rings. The predicted octanol–water partition coefficient (Wildman–Crippen LogP) is 4.34. The summed E-state index contributed by atoms with van der Waals surface area (Å²) in [5, 5.41) is 5.75. The lowest BCUT2D eigenvalue weighted by Crippen LogP contribution is -2.23. The number of benzene rings is 2. The van der Waals surface area contributed by atoms with E-state index in [4.69, 9.17) is 5.73 Å². The van der Waals surface area contributed by atoms with Crippen LogP contribution >= 0.6 is 0 Å². The molecule has 0 radical (unpaired) electrons. The Bertz CT molecular complexity index is 1120. The summed E-state index contributed by atoms with van der Waals surface area (Å²) in [4.78, 5) is 35.6. The molecule has 164 valence electrons. The summed E-state index contributed by atoms with van der Waals surface area (Å²) in [5.74, 6) is 1.29. The summed E-state index contributed by atoms with van der Waals surface area (Å²) in [6.45, 7) is 0.743. The molecule has 0 unspecified atom stereocenters. The van der Waals surface area contributed by atoms with Crippen LogP contribution in [0.4, 0.5) is 39.3 Å². The maximum atomic E-state index is 12.0. The van der Waals surface area contributed by atoms with E-state index < -0.39 is 6.03 Å². The van der Waals surface area contributed by atoms with Crippen molar-refractivity contribution in [2.24, 2.45) is 5.73 Å². The van der Waals surface area contributed by atoms with Crippen molar-refractivity contribution < 1.29 is 13.9 Å². The third-order valence-corrected chi connectivity index (χ3v) is 4.99. The highest BCUT2D eigenvalue weighted by atomic mass is 16.2. The van der Waals surface area contributed by atoms with E-state index in [2.05, 4.69) is 20.6 Å². The van der Waals surface area contributed by atoms with Gasteiger partial charge in [0.2, 0.25) is 11.9 Å². The zero-order chi connectivity index (χ0) is 21.8. The predicted molar refractivity (Wildman–Crippen MR) is 127 cm³/mol. The fourth-order valence-corrected chi connectivity index (χ4v) is 3.44. The van der Waals surface area contributed by atoms with E-state index in [0.29, 0.717) is 23.9 Å². The third-order valence-electron chi connectivity index (χ3n) is 4.99. The van der Waals surface area contributed by atoms with Crippen molar-refractivity contribution in [1.82, 2.24) is 9.97 Å². The van der Waals surface area contributed by atoms with Crippen LogP contribution in [0.3, 0.4) is 0 Å². The standard InChI is InChI=1S/C22H23N7O2.3H2/c1-28(17-9-7-15(8-10-17)25-21(23)31)19-11-12-24-22(27-19)26-16-4-2-5-18(14-16)29-13-3-6-20(29)30;;;/h2,4-5,7-12,14H,3,6,13H2,1H3,(H3,23,25,31)(H,24,26,27);3*1H. The van der Waals surface area contributed by atoms with Crippen molar-refractivity contribution >= 4 is 46.5 Å². The van der Waals surface area contributed by atoms with Gasteiger partial charge in [-0.05, 0) is 55.0 Å². The number of hydrogen-bond acceptors (Lipinski definition) is 6. The molecule has 1 fully saturated rings. The summed E-state index contributed by atoms with van der Waals surface area (Å²) >= 11 is 0. The quantitative estimate of drug-likeness (QED) is 0.543. The Kier molecular flexibility index (Phi) is 5.65. The molecule has 0 atom stereocenters. The van der Waals surface area contributed by atoms with Crippen LogP contribution in [0.25, 0.3) is 0 Å². The second kappa shape index (κ2) is 8.70. The number of rotatable bonds is 6. The topological polar surface area (TPSA) is 116 Å². The number of urea groups is 1. The van der Waals surface area contributed by atoms with Crippen LogP contribution in [0.15, 0.2) is 60.8 Å². The van der Waals surface area contributed by atoms with E-state index >= 15 is 0 Å². The maximum absolute atomic E-state index is 12.0. The first kappa shape index (κ1) is 20.1. The normalized spacial score (nSPS) is 13.2. The lowest BCUT2D eigenvalue weighted by atomic mass is 10.2. The molecule has 0 saturated carbocycles. The fourth-order valence-electron chi connectivity index (χ4n) is 3.44. The average molecular weight is 424 g/mol. The molecule has 2 aromatic carbocycles. The van der Waals surface area contributed by atoms with Crippen molar-refractivity contribution in [3.05, 3.63) is 60.8 Å². The van der Waals surface area contributed by atoms with Crippen LogP contribution in [-0.2, 0) is 4.79 Å². The van der Waals surface area contributed by atoms with Crippen LogP contribution in [0.5, 0.6) is 0 Å². The molecule has 9 heteroatoms. The molecule has 9 nitrogen and oxygen atoms in total. The van der Waals surface area contributed by atoms with Crippen LogP contribution in [0.1, 0.15) is 17.1 Å². The zero-order valence-electron chi connectivity index (χ0n) is 17.1. The Hall–Kier alpha value is -4.14. The molecular weight excluding hydrogens is 394 g/mol. The molecule has 3 aromatic rings. The average Bonchev–Trinajstić information content (AvgIpc) is 3.20. The number of amides is 3. The maximum Gasteiger partial charge on any atom is 0.316 e. The van der Waals surface area contributed by atoms with E-state index in [1.165, 1.54) is 0 Å². The van der Waals surface area contributed by atoms with Gasteiger partial charge in [0.15, 0.2) is 0 Å². The van der Waals surface area contributed by atoms with Gasteiger partial charge in [-0.3, -0.25) is 4.79 Å². The van der Waals surface area contributed by atoms with E-state index in [-0.39, 0.29) is 10.2 Å². The summed E-state index contributed by atoms with van der Waals surface area (Å²) in [6, 6.07) is 16.1. The fraction of sp³-hybridized carbons (Fsp3) is 0.182. The summed E-state index contributed by atoms with van der Waals surface area (Å²) in [5.41, 5.74) is 8.31. The molecular formula is C22H29N7O2. The number of primary amides is 1. The highest BCUT2D eigenvalue weighted by Gasteiger charge is 2.21. The van der Waals surface area contributed by atoms with Gasteiger partial charge >= 0.3 is 6.03 Å². The Morgan fingerprint density at radius 3 is 2.68 bits per heavy atom. The summed E-state index contributed by atoms with van der Waals surface area (Å²) in [6.07, 6.45) is 3.15. The van der Waals surface area contributed by atoms with Crippen molar-refractivity contribution in [1.29, 1.82) is 0 Å². The van der Waals surface area contributed by atoms with E-state index in [1.807, 2.05) is 48.3 Å². The van der Waals surface area contributed by atoms with Crippen LogP contribution in [-0.4, -0.2) is 35.5 Å². The van der Waals surface area contributed by atoms with Gasteiger partial charge in [-0.25, -0.2) is 9.78 Å². The number of nitrogens with one attached hydrogen (secondary N) is 2. The Morgan fingerprint density at radius 2 is 1.97 bits per heavy atom. The monoisotopic (exact) mass is 423 g/mol. The van der Waals surface area contributed by atoms with Crippen LogP contribution < -0.4 is 26.2 Å². The molecule has 31 heavy (non-hydrogen) atoms. The molecule has 0 spiro atoms. The van der Waals surface area contributed by atoms with E-state index in [1.54, 1.807) is 29.3 Å². The Balaban J connectivity index is 0.00000193. The van der Waals surface area contributed by atoms with Gasteiger partial charge in [0.25, 0.3) is 0 Å². The highest BCUT2D eigenvalue weighted by molar-refractivity contribution is 5.95. The summed E-state index contributed by atoms with van der Waals surface area (Å²) < 4.78 is 0. The van der Waals surface area contributed by atoms with Crippen LogP contribution in [0, 0.1) is 0 Å². The van der Waals surface area contributed by atoms with Gasteiger partial charge in [-0.2, -0.15) is 4.98 Å².